The topological polar surface area (TPSA) is 27.7 Å². The fourth-order valence-electron chi connectivity index (χ4n) is 5.26. The highest BCUT2D eigenvalue weighted by Crippen LogP contribution is 2.44. The molecule has 0 atom stereocenters. The molecule has 46 heavy (non-hydrogen) atoms. The van der Waals surface area contributed by atoms with Crippen LogP contribution in [0.4, 0.5) is 43.9 Å². The molecule has 0 spiro atoms. The first-order valence-corrected chi connectivity index (χ1v) is 13.8. The van der Waals surface area contributed by atoms with Crippen LogP contribution in [0.5, 0.6) is 17.2 Å². The van der Waals surface area contributed by atoms with Gasteiger partial charge in [0.15, 0.2) is 0 Å². The van der Waals surface area contributed by atoms with E-state index in [0.29, 0.717) is 5.56 Å². The first-order chi connectivity index (χ1) is 21.6. The number of aryl methyl sites for hydroxylation is 1. The summed E-state index contributed by atoms with van der Waals surface area (Å²) in [6.07, 6.45) is -18.8. The van der Waals surface area contributed by atoms with E-state index in [1.807, 2.05) is 0 Å². The predicted molar refractivity (Wildman–Crippen MR) is 148 cm³/mol. The van der Waals surface area contributed by atoms with Gasteiger partial charge < -0.3 is 14.2 Å². The van der Waals surface area contributed by atoms with Crippen LogP contribution in [0.25, 0.3) is 0 Å². The van der Waals surface area contributed by atoms with E-state index in [-0.39, 0.29) is 42.4 Å². The maximum atomic E-state index is 13.8. The Labute approximate surface area is 257 Å². The van der Waals surface area contributed by atoms with Crippen LogP contribution in [-0.2, 0) is 18.3 Å². The van der Waals surface area contributed by atoms with E-state index in [1.165, 1.54) is 42.5 Å². The second-order valence-corrected chi connectivity index (χ2v) is 10.3. The molecule has 0 saturated heterocycles. The van der Waals surface area contributed by atoms with E-state index in [0.717, 1.165) is 30.3 Å². The van der Waals surface area contributed by atoms with Crippen molar-refractivity contribution in [2.75, 3.05) is 0 Å². The Morgan fingerprint density at radius 1 is 0.565 bits per heavy atom. The van der Waals surface area contributed by atoms with E-state index in [9.17, 15) is 43.9 Å². The molecule has 4 aromatic carbocycles. The summed E-state index contributed by atoms with van der Waals surface area (Å²) >= 11 is 0. The number of alkyl halides is 10. The van der Waals surface area contributed by atoms with Crippen LogP contribution >= 0.6 is 0 Å². The summed E-state index contributed by atoms with van der Waals surface area (Å²) in [6.45, 7) is 0. The molecule has 0 bridgehead atoms. The first-order valence-electron chi connectivity index (χ1n) is 13.8. The van der Waals surface area contributed by atoms with E-state index < -0.39 is 47.9 Å². The molecule has 0 fully saturated rings. The average Bonchev–Trinajstić information content (AvgIpc) is 2.96. The number of para-hydroxylation sites is 1. The fourth-order valence-corrected chi connectivity index (χ4v) is 5.26. The monoisotopic (exact) mass is 660 g/mol. The van der Waals surface area contributed by atoms with Gasteiger partial charge in [0, 0.05) is 5.41 Å². The molecule has 0 N–H and O–H groups in total. The third-order valence-electron chi connectivity index (χ3n) is 7.11. The van der Waals surface area contributed by atoms with Crippen LogP contribution in [0.2, 0.25) is 0 Å². The quantitative estimate of drug-likeness (QED) is 0.134. The van der Waals surface area contributed by atoms with Gasteiger partial charge in [-0.25, -0.2) is 0 Å². The standard InChI is InChI=1S/C33H26F10O3/c34-29(35)31(36,37)46-28-17-5-4-11-23(28)12-8-18-30(21-22-9-2-1-3-10-22,24-13-6-15-26(19-24)44-32(38,39)40)25-14-7-16-27(20-25)45-33(41,42)43/h1-7,9-11,13-17,19-20,29H,8,12,18,21H2. The van der Waals surface area contributed by atoms with Crippen molar-refractivity contribution >= 4 is 0 Å². The molecule has 0 aliphatic carbocycles. The summed E-state index contributed by atoms with van der Waals surface area (Å²) in [6, 6.07) is 23.9. The molecule has 4 aromatic rings. The van der Waals surface area contributed by atoms with Crippen molar-refractivity contribution in [1.82, 2.24) is 0 Å². The van der Waals surface area contributed by atoms with Crippen molar-refractivity contribution in [1.29, 1.82) is 0 Å². The zero-order valence-corrected chi connectivity index (χ0v) is 23.7. The van der Waals surface area contributed by atoms with Gasteiger partial charge in [0.25, 0.3) is 0 Å². The normalized spacial score (nSPS) is 12.7. The minimum Gasteiger partial charge on any atom is -0.428 e. The zero-order valence-electron chi connectivity index (χ0n) is 23.7. The third kappa shape index (κ3) is 9.30. The number of ether oxygens (including phenoxy) is 3. The van der Waals surface area contributed by atoms with Gasteiger partial charge in [-0.1, -0.05) is 72.8 Å². The van der Waals surface area contributed by atoms with E-state index in [1.54, 1.807) is 30.3 Å². The summed E-state index contributed by atoms with van der Waals surface area (Å²) in [5, 5.41) is 0. The molecule has 0 aromatic heterocycles. The van der Waals surface area contributed by atoms with E-state index in [4.69, 9.17) is 0 Å². The van der Waals surface area contributed by atoms with Crippen LogP contribution in [0.15, 0.2) is 103 Å². The molecule has 3 nitrogen and oxygen atoms in total. The smallest absolute Gasteiger partial charge is 0.428 e. The minimum atomic E-state index is -5.04. The fraction of sp³-hybridized carbons (Fsp3) is 0.273. The third-order valence-corrected chi connectivity index (χ3v) is 7.11. The second-order valence-electron chi connectivity index (χ2n) is 10.3. The largest absolute Gasteiger partial charge is 0.573 e. The maximum absolute atomic E-state index is 13.8. The van der Waals surface area contributed by atoms with Crippen LogP contribution in [-0.4, -0.2) is 25.3 Å². The summed E-state index contributed by atoms with van der Waals surface area (Å²) < 4.78 is 145. The van der Waals surface area contributed by atoms with Crippen molar-refractivity contribution in [3.05, 3.63) is 125 Å². The molecule has 0 aliphatic rings. The summed E-state index contributed by atoms with van der Waals surface area (Å²) in [5.74, 6) is -1.64. The highest BCUT2D eigenvalue weighted by atomic mass is 19.4. The highest BCUT2D eigenvalue weighted by molar-refractivity contribution is 5.47. The van der Waals surface area contributed by atoms with Crippen LogP contribution in [0.1, 0.15) is 35.1 Å². The highest BCUT2D eigenvalue weighted by Gasteiger charge is 2.44. The van der Waals surface area contributed by atoms with Gasteiger partial charge in [0.2, 0.25) is 0 Å². The van der Waals surface area contributed by atoms with E-state index in [2.05, 4.69) is 14.2 Å². The second kappa shape index (κ2) is 13.9. The number of hydrogen-bond donors (Lipinski definition) is 0. The van der Waals surface area contributed by atoms with Crippen molar-refractivity contribution in [3.63, 3.8) is 0 Å². The molecule has 4 rings (SSSR count). The van der Waals surface area contributed by atoms with Crippen molar-refractivity contribution < 1.29 is 58.1 Å². The summed E-state index contributed by atoms with van der Waals surface area (Å²) in [5.41, 5.74) is -0.0288. The molecule has 0 heterocycles. The Bertz CT molecular complexity index is 1510. The van der Waals surface area contributed by atoms with Gasteiger partial charge in [-0.15, -0.1) is 26.3 Å². The molecular formula is C33H26F10O3. The SMILES string of the molecule is FC(F)C(F)(F)Oc1ccccc1CCCC(Cc1ccccc1)(c1cccc(OC(F)(F)F)c1)c1cccc(OC(F)(F)F)c1. The lowest BCUT2D eigenvalue weighted by Gasteiger charge is -2.36. The van der Waals surface area contributed by atoms with Gasteiger partial charge in [0.05, 0.1) is 0 Å². The van der Waals surface area contributed by atoms with Crippen LogP contribution in [0.3, 0.4) is 0 Å². The Balaban J connectivity index is 1.82. The molecule has 0 amide bonds. The average molecular weight is 661 g/mol. The zero-order chi connectivity index (χ0) is 33.6. The van der Waals surface area contributed by atoms with Gasteiger partial charge in [-0.3, -0.25) is 0 Å². The molecule has 246 valence electrons. The number of hydrogen-bond acceptors (Lipinski definition) is 3. The lowest BCUT2D eigenvalue weighted by atomic mass is 9.67. The number of rotatable bonds is 13. The van der Waals surface area contributed by atoms with Gasteiger partial charge in [-0.2, -0.15) is 17.6 Å². The molecular weight excluding hydrogens is 634 g/mol. The Hall–Kier alpha value is -4.42. The lowest BCUT2D eigenvalue weighted by molar-refractivity contribution is -0.275. The molecule has 0 aliphatic heterocycles. The number of benzene rings is 4. The Morgan fingerprint density at radius 3 is 1.61 bits per heavy atom. The Kier molecular flexibility index (Phi) is 10.4. The minimum absolute atomic E-state index is 0.0243. The van der Waals surface area contributed by atoms with Gasteiger partial charge in [0.1, 0.15) is 17.2 Å². The van der Waals surface area contributed by atoms with Crippen LogP contribution < -0.4 is 14.2 Å². The first kappa shape index (κ1) is 34.5. The number of halogens is 10. The summed E-state index contributed by atoms with van der Waals surface area (Å²) in [4.78, 5) is 0. The molecule has 0 radical (unpaired) electrons. The van der Waals surface area contributed by atoms with Gasteiger partial charge >= 0.3 is 25.3 Å². The van der Waals surface area contributed by atoms with Gasteiger partial charge in [-0.05, 0) is 78.3 Å². The molecule has 0 unspecified atom stereocenters. The predicted octanol–water partition coefficient (Wildman–Crippen LogP) is 10.3. The lowest BCUT2D eigenvalue weighted by Crippen LogP contribution is -2.33. The van der Waals surface area contributed by atoms with Crippen molar-refractivity contribution in [2.45, 2.75) is 56.4 Å². The summed E-state index contributed by atoms with van der Waals surface area (Å²) in [7, 11) is 0. The molecule has 13 heteroatoms. The molecule has 0 saturated carbocycles. The maximum Gasteiger partial charge on any atom is 0.573 e. The van der Waals surface area contributed by atoms with E-state index >= 15 is 0 Å². The van der Waals surface area contributed by atoms with Crippen LogP contribution in [0, 0.1) is 0 Å². The van der Waals surface area contributed by atoms with Crippen molar-refractivity contribution in [2.24, 2.45) is 0 Å². The van der Waals surface area contributed by atoms with Crippen molar-refractivity contribution in [3.8, 4) is 17.2 Å². The Morgan fingerprint density at radius 2 is 1.09 bits per heavy atom.